The number of aromatic amines is 1. The topological polar surface area (TPSA) is 138 Å². The molecule has 2 amide bonds. The van der Waals surface area contributed by atoms with Gasteiger partial charge in [0.2, 0.25) is 5.91 Å². The predicted molar refractivity (Wildman–Crippen MR) is 140 cm³/mol. The van der Waals surface area contributed by atoms with E-state index < -0.39 is 29.9 Å². The summed E-state index contributed by atoms with van der Waals surface area (Å²) in [5.41, 5.74) is 1.98. The summed E-state index contributed by atoms with van der Waals surface area (Å²) in [7, 11) is 0. The summed E-state index contributed by atoms with van der Waals surface area (Å²) < 4.78 is 5.47. The third-order valence-electron chi connectivity index (χ3n) is 6.83. The van der Waals surface area contributed by atoms with Gasteiger partial charge in [-0.2, -0.15) is 15.4 Å². The number of hydrogen-bond donors (Lipinski definition) is 3. The van der Waals surface area contributed by atoms with Crippen molar-refractivity contribution in [3.8, 4) is 11.1 Å². The van der Waals surface area contributed by atoms with E-state index in [-0.39, 0.29) is 24.6 Å². The van der Waals surface area contributed by atoms with Crippen LogP contribution in [-0.4, -0.2) is 75.5 Å². The zero-order valence-corrected chi connectivity index (χ0v) is 21.4. The van der Waals surface area contributed by atoms with Gasteiger partial charge in [0, 0.05) is 19.0 Å². The zero-order valence-electron chi connectivity index (χ0n) is 21.4. The number of benzene rings is 2. The highest BCUT2D eigenvalue weighted by Crippen LogP contribution is 2.27. The van der Waals surface area contributed by atoms with Crippen LogP contribution in [-0.2, 0) is 20.7 Å². The molecular formula is C28H33N5O5. The summed E-state index contributed by atoms with van der Waals surface area (Å²) in [4.78, 5) is 39.3. The Kier molecular flexibility index (Phi) is 8.85. The molecule has 0 bridgehead atoms. The first-order valence-corrected chi connectivity index (χ1v) is 12.7. The number of carbonyl (C=O) groups is 3. The number of likely N-dealkylation sites (tertiary alicyclic amines) is 1. The maximum atomic E-state index is 13.0. The highest BCUT2D eigenvalue weighted by Gasteiger charge is 2.38. The average molecular weight is 520 g/mol. The SMILES string of the molecule is CC(CO)(C[C@@H](Cc1ccc(-c2ccccc2)cc1)NC(=O)c1cn[nH]n1)C(=O)OCCN1CCCC1=O. The van der Waals surface area contributed by atoms with Gasteiger partial charge in [-0.05, 0) is 42.9 Å². The second-order valence-corrected chi connectivity index (χ2v) is 9.84. The van der Waals surface area contributed by atoms with Crippen LogP contribution < -0.4 is 5.32 Å². The standard InChI is InChI=1S/C28H33N5O5/c1-28(19-34,27(37)38-15-14-33-13-5-8-25(33)35)17-23(30-26(36)24-18-29-32-31-24)16-20-9-11-22(12-10-20)21-6-3-2-4-7-21/h2-4,6-7,9-12,18,23,34H,5,8,13-17,19H2,1H3,(H,30,36)(H,29,31,32)/t23-,28?/m1/s1. The minimum atomic E-state index is -1.26. The smallest absolute Gasteiger partial charge is 0.314 e. The number of aliphatic hydroxyl groups is 1. The molecule has 2 atom stereocenters. The molecule has 1 saturated heterocycles. The maximum absolute atomic E-state index is 13.0. The van der Waals surface area contributed by atoms with Gasteiger partial charge >= 0.3 is 5.97 Å². The fourth-order valence-corrected chi connectivity index (χ4v) is 4.61. The van der Waals surface area contributed by atoms with Gasteiger partial charge in [0.15, 0.2) is 5.69 Å². The molecule has 0 saturated carbocycles. The highest BCUT2D eigenvalue weighted by molar-refractivity contribution is 5.92. The van der Waals surface area contributed by atoms with E-state index in [1.807, 2.05) is 54.6 Å². The number of rotatable bonds is 12. The lowest BCUT2D eigenvalue weighted by Crippen LogP contribution is -2.45. The Balaban J connectivity index is 1.45. The van der Waals surface area contributed by atoms with Gasteiger partial charge in [-0.1, -0.05) is 54.6 Å². The Labute approximate surface area is 221 Å². The number of nitrogens with one attached hydrogen (secondary N) is 2. The van der Waals surface area contributed by atoms with Crippen LogP contribution in [0.25, 0.3) is 11.1 Å². The van der Waals surface area contributed by atoms with Crippen LogP contribution in [0.15, 0.2) is 60.8 Å². The lowest BCUT2D eigenvalue weighted by Gasteiger charge is -2.30. The molecule has 1 aliphatic rings. The third kappa shape index (κ3) is 6.83. The summed E-state index contributed by atoms with van der Waals surface area (Å²) in [6, 6.07) is 17.5. The molecule has 3 N–H and O–H groups in total. The van der Waals surface area contributed by atoms with Crippen molar-refractivity contribution in [2.24, 2.45) is 5.41 Å². The van der Waals surface area contributed by atoms with Crippen molar-refractivity contribution in [2.75, 3.05) is 26.3 Å². The predicted octanol–water partition coefficient (Wildman–Crippen LogP) is 2.37. The Morgan fingerprint density at radius 3 is 2.53 bits per heavy atom. The molecule has 2 aromatic carbocycles. The number of H-pyrrole nitrogens is 1. The molecule has 1 aromatic heterocycles. The number of ether oxygens (including phenoxy) is 1. The molecule has 0 radical (unpaired) electrons. The monoisotopic (exact) mass is 519 g/mol. The molecular weight excluding hydrogens is 486 g/mol. The Hall–Kier alpha value is -4.05. The van der Waals surface area contributed by atoms with Gasteiger partial charge < -0.3 is 20.1 Å². The van der Waals surface area contributed by atoms with E-state index in [9.17, 15) is 19.5 Å². The minimum absolute atomic E-state index is 0.0527. The summed E-state index contributed by atoms with van der Waals surface area (Å²) in [6.45, 7) is 2.19. The molecule has 1 aliphatic heterocycles. The fraction of sp³-hybridized carbons (Fsp3) is 0.393. The number of amides is 2. The van der Waals surface area contributed by atoms with Crippen molar-refractivity contribution < 1.29 is 24.2 Å². The van der Waals surface area contributed by atoms with E-state index in [0.717, 1.165) is 23.1 Å². The lowest BCUT2D eigenvalue weighted by molar-refractivity contribution is -0.159. The van der Waals surface area contributed by atoms with Crippen molar-refractivity contribution in [3.63, 3.8) is 0 Å². The van der Waals surface area contributed by atoms with Crippen molar-refractivity contribution in [1.29, 1.82) is 0 Å². The summed E-state index contributed by atoms with van der Waals surface area (Å²) >= 11 is 0. The Bertz CT molecular complexity index is 1220. The normalized spacial score (nSPS) is 15.6. The first kappa shape index (κ1) is 27.0. The van der Waals surface area contributed by atoms with Gasteiger partial charge in [-0.15, -0.1) is 0 Å². The van der Waals surface area contributed by atoms with Crippen molar-refractivity contribution in [1.82, 2.24) is 25.6 Å². The Morgan fingerprint density at radius 1 is 1.16 bits per heavy atom. The fourth-order valence-electron chi connectivity index (χ4n) is 4.61. The zero-order chi connectivity index (χ0) is 27.0. The Morgan fingerprint density at radius 2 is 1.89 bits per heavy atom. The van der Waals surface area contributed by atoms with Crippen molar-refractivity contribution in [2.45, 2.75) is 38.6 Å². The molecule has 200 valence electrons. The number of esters is 1. The number of hydrogen-bond acceptors (Lipinski definition) is 7. The van der Waals surface area contributed by atoms with Crippen LogP contribution in [0.4, 0.5) is 0 Å². The molecule has 10 nitrogen and oxygen atoms in total. The first-order valence-electron chi connectivity index (χ1n) is 12.7. The molecule has 38 heavy (non-hydrogen) atoms. The average Bonchev–Trinajstić information content (AvgIpc) is 3.62. The van der Waals surface area contributed by atoms with Crippen molar-refractivity contribution in [3.05, 3.63) is 72.1 Å². The van der Waals surface area contributed by atoms with Crippen LogP contribution in [0.3, 0.4) is 0 Å². The van der Waals surface area contributed by atoms with Crippen LogP contribution >= 0.6 is 0 Å². The number of nitrogens with zero attached hydrogens (tertiary/aromatic N) is 3. The van der Waals surface area contributed by atoms with E-state index in [1.165, 1.54) is 6.20 Å². The molecule has 2 heterocycles. The summed E-state index contributed by atoms with van der Waals surface area (Å²) in [5.74, 6) is -0.961. The molecule has 0 spiro atoms. The van der Waals surface area contributed by atoms with Crippen LogP contribution in [0.1, 0.15) is 42.2 Å². The van der Waals surface area contributed by atoms with E-state index in [1.54, 1.807) is 11.8 Å². The van der Waals surface area contributed by atoms with Gasteiger partial charge in [-0.25, -0.2) is 0 Å². The van der Waals surface area contributed by atoms with Gasteiger partial charge in [0.1, 0.15) is 6.61 Å². The summed E-state index contributed by atoms with van der Waals surface area (Å²) in [6.07, 6.45) is 3.20. The van der Waals surface area contributed by atoms with Gasteiger partial charge in [0.05, 0.1) is 24.8 Å². The van der Waals surface area contributed by atoms with E-state index in [4.69, 9.17) is 4.74 Å². The largest absolute Gasteiger partial charge is 0.463 e. The summed E-state index contributed by atoms with van der Waals surface area (Å²) in [5, 5.41) is 23.1. The van der Waals surface area contributed by atoms with Gasteiger partial charge in [-0.3, -0.25) is 14.4 Å². The lowest BCUT2D eigenvalue weighted by atomic mass is 9.82. The minimum Gasteiger partial charge on any atom is -0.463 e. The number of carbonyl (C=O) groups excluding carboxylic acids is 3. The number of aromatic nitrogens is 3. The molecule has 4 rings (SSSR count). The maximum Gasteiger partial charge on any atom is 0.314 e. The van der Waals surface area contributed by atoms with Crippen LogP contribution in [0, 0.1) is 5.41 Å². The molecule has 0 aliphatic carbocycles. The molecule has 10 heteroatoms. The molecule has 3 aromatic rings. The first-order chi connectivity index (χ1) is 18.4. The van der Waals surface area contributed by atoms with Gasteiger partial charge in [0.25, 0.3) is 5.91 Å². The van der Waals surface area contributed by atoms with E-state index in [0.29, 0.717) is 25.9 Å². The molecule has 1 fully saturated rings. The number of aliphatic hydroxyl groups excluding tert-OH is 1. The van der Waals surface area contributed by atoms with E-state index >= 15 is 0 Å². The van der Waals surface area contributed by atoms with Crippen molar-refractivity contribution >= 4 is 17.8 Å². The second-order valence-electron chi connectivity index (χ2n) is 9.84. The highest BCUT2D eigenvalue weighted by atomic mass is 16.5. The third-order valence-corrected chi connectivity index (χ3v) is 6.83. The van der Waals surface area contributed by atoms with Crippen LogP contribution in [0.2, 0.25) is 0 Å². The van der Waals surface area contributed by atoms with E-state index in [2.05, 4.69) is 20.7 Å². The quantitative estimate of drug-likeness (QED) is 0.312. The second kappa shape index (κ2) is 12.5. The molecule has 1 unspecified atom stereocenters. The van der Waals surface area contributed by atoms with Crippen LogP contribution in [0.5, 0.6) is 0 Å².